The minimum atomic E-state index is -1.11. The van der Waals surface area contributed by atoms with Crippen LogP contribution in [0.15, 0.2) is 45.3 Å². The van der Waals surface area contributed by atoms with Crippen molar-refractivity contribution in [2.75, 3.05) is 39.3 Å². The van der Waals surface area contributed by atoms with E-state index in [1.165, 1.54) is 4.88 Å². The minimum Gasteiger partial charge on any atom is -0.466 e. The van der Waals surface area contributed by atoms with Crippen LogP contribution in [0.5, 0.6) is 0 Å². The largest absolute Gasteiger partial charge is 0.466 e. The zero-order valence-electron chi connectivity index (χ0n) is 15.9. The van der Waals surface area contributed by atoms with Crippen molar-refractivity contribution in [1.29, 1.82) is 0 Å². The first-order valence-corrected chi connectivity index (χ1v) is 10.0. The summed E-state index contributed by atoms with van der Waals surface area (Å²) in [7, 11) is 0. The molecule has 0 amide bonds. The zero-order chi connectivity index (χ0) is 18.4. The Balaban J connectivity index is 0.00000261. The Morgan fingerprint density at radius 3 is 2.67 bits per heavy atom. The van der Waals surface area contributed by atoms with Gasteiger partial charge in [-0.25, -0.2) is 4.99 Å². The van der Waals surface area contributed by atoms with Gasteiger partial charge < -0.3 is 19.7 Å². The Morgan fingerprint density at radius 1 is 1.30 bits per heavy atom. The molecule has 0 radical (unpaired) electrons. The Kier molecular flexibility index (Phi) is 8.59. The lowest BCUT2D eigenvalue weighted by molar-refractivity contribution is 0.0433. The van der Waals surface area contributed by atoms with Gasteiger partial charge in [-0.15, -0.1) is 35.3 Å². The number of piperazine rings is 1. The number of halogens is 1. The predicted molar refractivity (Wildman–Crippen MR) is 121 cm³/mol. The van der Waals surface area contributed by atoms with E-state index >= 15 is 0 Å². The molecule has 1 fully saturated rings. The van der Waals surface area contributed by atoms with Gasteiger partial charge in [0, 0.05) is 44.1 Å². The van der Waals surface area contributed by atoms with Crippen LogP contribution in [0.1, 0.15) is 24.5 Å². The van der Waals surface area contributed by atoms with E-state index in [0.29, 0.717) is 5.76 Å². The minimum absolute atomic E-state index is 0. The van der Waals surface area contributed by atoms with Gasteiger partial charge in [-0.3, -0.25) is 4.90 Å². The summed E-state index contributed by atoms with van der Waals surface area (Å²) >= 11 is 1.81. The summed E-state index contributed by atoms with van der Waals surface area (Å²) in [6.45, 7) is 9.76. The third kappa shape index (κ3) is 6.20. The standard InChI is InChI=1S/C19H28N4O2S.HI/c1-3-20-18(21-15-19(2,24)17-7-4-12-25-17)23-10-8-22(9-11-23)14-16-6-5-13-26-16;/h4-7,12-13,24H,3,8-11,14-15H2,1-2H3,(H,20,21);1H. The van der Waals surface area contributed by atoms with Crippen molar-refractivity contribution >= 4 is 41.3 Å². The highest BCUT2D eigenvalue weighted by Gasteiger charge is 2.27. The predicted octanol–water partition coefficient (Wildman–Crippen LogP) is 2.95. The maximum atomic E-state index is 10.6. The maximum Gasteiger partial charge on any atom is 0.194 e. The van der Waals surface area contributed by atoms with Crippen molar-refractivity contribution in [3.8, 4) is 0 Å². The first-order chi connectivity index (χ1) is 12.6. The van der Waals surface area contributed by atoms with Crippen molar-refractivity contribution in [3.05, 3.63) is 46.5 Å². The third-order valence-corrected chi connectivity index (χ3v) is 5.42. The summed E-state index contributed by atoms with van der Waals surface area (Å²) in [5.41, 5.74) is -1.11. The van der Waals surface area contributed by atoms with E-state index in [0.717, 1.165) is 45.2 Å². The average molecular weight is 504 g/mol. The van der Waals surface area contributed by atoms with E-state index in [1.807, 2.05) is 11.3 Å². The van der Waals surface area contributed by atoms with Gasteiger partial charge in [-0.2, -0.15) is 0 Å². The summed E-state index contributed by atoms with van der Waals surface area (Å²) in [5, 5.41) is 16.1. The lowest BCUT2D eigenvalue weighted by atomic mass is 10.0. The molecule has 0 bridgehead atoms. The van der Waals surface area contributed by atoms with E-state index < -0.39 is 5.60 Å². The molecule has 1 atom stereocenters. The Labute approximate surface area is 182 Å². The molecule has 3 rings (SSSR count). The smallest absolute Gasteiger partial charge is 0.194 e. The zero-order valence-corrected chi connectivity index (χ0v) is 19.1. The van der Waals surface area contributed by atoms with Crippen molar-refractivity contribution in [2.24, 2.45) is 4.99 Å². The molecule has 1 unspecified atom stereocenters. The number of rotatable bonds is 6. The molecule has 1 saturated heterocycles. The van der Waals surface area contributed by atoms with Crippen molar-refractivity contribution < 1.29 is 9.52 Å². The number of thiophene rings is 1. The van der Waals surface area contributed by atoms with Crippen LogP contribution in [0.25, 0.3) is 0 Å². The van der Waals surface area contributed by atoms with E-state index in [2.05, 4.69) is 44.5 Å². The summed E-state index contributed by atoms with van der Waals surface area (Å²) in [6.07, 6.45) is 1.57. The van der Waals surface area contributed by atoms with Gasteiger partial charge in [0.15, 0.2) is 5.96 Å². The fourth-order valence-electron chi connectivity index (χ4n) is 3.06. The molecule has 2 aromatic rings. The summed E-state index contributed by atoms with van der Waals surface area (Å²) in [4.78, 5) is 10.8. The van der Waals surface area contributed by atoms with Crippen LogP contribution in [-0.4, -0.2) is 60.1 Å². The maximum absolute atomic E-state index is 10.6. The number of nitrogens with zero attached hydrogens (tertiary/aromatic N) is 3. The fraction of sp³-hybridized carbons (Fsp3) is 0.526. The molecule has 3 heterocycles. The normalized spacial score (nSPS) is 18.0. The van der Waals surface area contributed by atoms with E-state index in [-0.39, 0.29) is 30.5 Å². The summed E-state index contributed by atoms with van der Waals surface area (Å²) in [6, 6.07) is 7.87. The highest BCUT2D eigenvalue weighted by atomic mass is 127. The Hall–Kier alpha value is -1.10. The third-order valence-electron chi connectivity index (χ3n) is 4.55. The highest BCUT2D eigenvalue weighted by Crippen LogP contribution is 2.21. The molecule has 0 spiro atoms. The first kappa shape index (κ1) is 22.2. The second-order valence-corrected chi connectivity index (χ2v) is 7.80. The van der Waals surface area contributed by atoms with Crippen LogP contribution in [0.2, 0.25) is 0 Å². The lowest BCUT2D eigenvalue weighted by Gasteiger charge is -2.36. The van der Waals surface area contributed by atoms with Gasteiger partial charge in [-0.1, -0.05) is 6.07 Å². The number of nitrogens with one attached hydrogen (secondary N) is 1. The lowest BCUT2D eigenvalue weighted by Crippen LogP contribution is -2.52. The van der Waals surface area contributed by atoms with Gasteiger partial charge in [0.1, 0.15) is 11.4 Å². The van der Waals surface area contributed by atoms with Crippen LogP contribution in [0.4, 0.5) is 0 Å². The van der Waals surface area contributed by atoms with Crippen molar-refractivity contribution in [1.82, 2.24) is 15.1 Å². The van der Waals surface area contributed by atoms with Gasteiger partial charge in [-0.05, 0) is 37.4 Å². The molecule has 8 heteroatoms. The fourth-order valence-corrected chi connectivity index (χ4v) is 3.80. The van der Waals surface area contributed by atoms with Crippen molar-refractivity contribution in [2.45, 2.75) is 26.0 Å². The molecular weight excluding hydrogens is 475 g/mol. The molecule has 6 nitrogen and oxygen atoms in total. The Morgan fingerprint density at radius 2 is 2.07 bits per heavy atom. The van der Waals surface area contributed by atoms with Gasteiger partial charge in [0.05, 0.1) is 12.8 Å². The van der Waals surface area contributed by atoms with E-state index in [4.69, 9.17) is 4.42 Å². The molecular formula is C19H29IN4O2S. The summed E-state index contributed by atoms with van der Waals surface area (Å²) < 4.78 is 5.34. The second kappa shape index (κ2) is 10.4. The van der Waals surface area contributed by atoms with Crippen LogP contribution in [0, 0.1) is 0 Å². The Bertz CT molecular complexity index is 681. The van der Waals surface area contributed by atoms with Crippen molar-refractivity contribution in [3.63, 3.8) is 0 Å². The molecule has 1 aliphatic heterocycles. The molecule has 1 aliphatic rings. The number of hydrogen-bond donors (Lipinski definition) is 2. The van der Waals surface area contributed by atoms with Crippen LogP contribution in [-0.2, 0) is 12.1 Å². The molecule has 2 N–H and O–H groups in total. The van der Waals surface area contributed by atoms with E-state index in [1.54, 1.807) is 25.3 Å². The van der Waals surface area contributed by atoms with Gasteiger partial charge >= 0.3 is 0 Å². The molecule has 0 saturated carbocycles. The number of aliphatic hydroxyl groups is 1. The molecule has 27 heavy (non-hydrogen) atoms. The SMILES string of the molecule is CCNC(=NCC(C)(O)c1ccco1)N1CCN(Cc2cccs2)CC1.I. The number of aliphatic imine (C=N–C) groups is 1. The second-order valence-electron chi connectivity index (χ2n) is 6.76. The van der Waals surface area contributed by atoms with E-state index in [9.17, 15) is 5.11 Å². The monoisotopic (exact) mass is 504 g/mol. The average Bonchev–Trinajstić information content (AvgIpc) is 3.33. The first-order valence-electron chi connectivity index (χ1n) is 9.13. The molecule has 0 aliphatic carbocycles. The number of furan rings is 1. The van der Waals surface area contributed by atoms with Crippen LogP contribution >= 0.6 is 35.3 Å². The number of guanidine groups is 1. The van der Waals surface area contributed by atoms with Crippen LogP contribution < -0.4 is 5.32 Å². The topological polar surface area (TPSA) is 64.2 Å². The summed E-state index contributed by atoms with van der Waals surface area (Å²) in [5.74, 6) is 1.40. The highest BCUT2D eigenvalue weighted by molar-refractivity contribution is 14.0. The van der Waals surface area contributed by atoms with Gasteiger partial charge in [0.2, 0.25) is 0 Å². The molecule has 150 valence electrons. The molecule has 0 aromatic carbocycles. The molecule has 2 aromatic heterocycles. The number of hydrogen-bond acceptors (Lipinski definition) is 5. The van der Waals surface area contributed by atoms with Gasteiger partial charge in [0.25, 0.3) is 0 Å². The van der Waals surface area contributed by atoms with Crippen LogP contribution in [0.3, 0.4) is 0 Å². The quantitative estimate of drug-likeness (QED) is 0.360.